The zero-order chi connectivity index (χ0) is 25.6. The Morgan fingerprint density at radius 1 is 0.944 bits per heavy atom. The van der Waals surface area contributed by atoms with Gasteiger partial charge in [0.1, 0.15) is 11.3 Å². The number of hydrogen-bond donors (Lipinski definition) is 0. The number of aromatic nitrogens is 3. The first kappa shape index (κ1) is 25.4. The van der Waals surface area contributed by atoms with Gasteiger partial charge in [0, 0.05) is 42.6 Å². The standard InChI is InChI=1S/C28H39N5O2S/c1-19(2)32-16-12-23(13-17-32)33-14-10-21(11-15-33)25-18-26-27(20(3)29-25)30-28(31(26)4)22-6-8-24(9-7-22)36(5,34)35/h6-9,18-19,21,23H,10-17H2,1-5H3. The average molecular weight is 510 g/mol. The molecule has 0 spiro atoms. The van der Waals surface area contributed by atoms with Crippen molar-refractivity contribution in [2.75, 3.05) is 32.4 Å². The molecule has 5 rings (SSSR count). The van der Waals surface area contributed by atoms with E-state index in [1.807, 2.05) is 26.1 Å². The minimum Gasteiger partial charge on any atom is -0.327 e. The minimum atomic E-state index is -3.22. The SMILES string of the molecule is Cc1nc(C2CCN(C3CCN(C(C)C)CC3)CC2)cc2c1nc(-c1ccc(S(C)(=O)=O)cc1)n2C. The summed E-state index contributed by atoms with van der Waals surface area (Å²) >= 11 is 0. The number of fused-ring (bicyclic) bond motifs is 1. The molecule has 0 saturated carbocycles. The molecule has 36 heavy (non-hydrogen) atoms. The molecule has 0 aliphatic carbocycles. The first-order chi connectivity index (χ1) is 17.1. The van der Waals surface area contributed by atoms with Crippen molar-refractivity contribution in [3.8, 4) is 11.4 Å². The Morgan fingerprint density at radius 3 is 2.17 bits per heavy atom. The van der Waals surface area contributed by atoms with Gasteiger partial charge >= 0.3 is 0 Å². The smallest absolute Gasteiger partial charge is 0.175 e. The molecular weight excluding hydrogens is 470 g/mol. The number of imidazole rings is 1. The molecule has 2 aliphatic rings. The molecular formula is C28H39N5O2S. The molecule has 0 unspecified atom stereocenters. The molecule has 0 radical (unpaired) electrons. The highest BCUT2D eigenvalue weighted by atomic mass is 32.2. The van der Waals surface area contributed by atoms with E-state index in [2.05, 4.69) is 34.3 Å². The number of piperidine rings is 2. The van der Waals surface area contributed by atoms with E-state index in [1.165, 1.54) is 37.9 Å². The van der Waals surface area contributed by atoms with Crippen LogP contribution in [0.5, 0.6) is 0 Å². The summed E-state index contributed by atoms with van der Waals surface area (Å²) in [5.41, 5.74) is 5.04. The van der Waals surface area contributed by atoms with E-state index in [-0.39, 0.29) is 0 Å². The van der Waals surface area contributed by atoms with Gasteiger partial charge < -0.3 is 14.4 Å². The lowest BCUT2D eigenvalue weighted by atomic mass is 9.90. The second kappa shape index (κ2) is 9.88. The lowest BCUT2D eigenvalue weighted by Crippen LogP contribution is -2.48. The van der Waals surface area contributed by atoms with E-state index in [0.717, 1.165) is 60.1 Å². The number of likely N-dealkylation sites (tertiary alicyclic amines) is 2. The van der Waals surface area contributed by atoms with Gasteiger partial charge in [0.05, 0.1) is 16.1 Å². The van der Waals surface area contributed by atoms with Crippen LogP contribution in [0.3, 0.4) is 0 Å². The number of benzene rings is 1. The Kier molecular flexibility index (Phi) is 6.96. The monoisotopic (exact) mass is 509 g/mol. The number of nitrogens with zero attached hydrogens (tertiary/aromatic N) is 5. The third-order valence-electron chi connectivity index (χ3n) is 8.30. The van der Waals surface area contributed by atoms with E-state index < -0.39 is 9.84 Å². The second-order valence-corrected chi connectivity index (χ2v) is 13.0. The van der Waals surface area contributed by atoms with Gasteiger partial charge in [-0.3, -0.25) is 4.98 Å². The van der Waals surface area contributed by atoms with Gasteiger partial charge in [-0.1, -0.05) is 0 Å². The maximum absolute atomic E-state index is 11.8. The molecule has 0 N–H and O–H groups in total. The largest absolute Gasteiger partial charge is 0.327 e. The molecule has 1 aromatic carbocycles. The van der Waals surface area contributed by atoms with Gasteiger partial charge in [0.15, 0.2) is 9.84 Å². The van der Waals surface area contributed by atoms with Crippen LogP contribution in [0.15, 0.2) is 35.2 Å². The van der Waals surface area contributed by atoms with Crippen LogP contribution in [-0.2, 0) is 16.9 Å². The summed E-state index contributed by atoms with van der Waals surface area (Å²) < 4.78 is 25.8. The van der Waals surface area contributed by atoms with Crippen molar-refractivity contribution < 1.29 is 8.42 Å². The van der Waals surface area contributed by atoms with Crippen LogP contribution < -0.4 is 0 Å². The van der Waals surface area contributed by atoms with E-state index >= 15 is 0 Å². The molecule has 2 aliphatic heterocycles. The zero-order valence-corrected chi connectivity index (χ0v) is 23.1. The Bertz CT molecular complexity index is 1330. The van der Waals surface area contributed by atoms with Gasteiger partial charge in [-0.15, -0.1) is 0 Å². The van der Waals surface area contributed by atoms with E-state index in [9.17, 15) is 8.42 Å². The van der Waals surface area contributed by atoms with Crippen molar-refractivity contribution in [3.63, 3.8) is 0 Å². The van der Waals surface area contributed by atoms with Crippen LogP contribution in [0, 0.1) is 6.92 Å². The van der Waals surface area contributed by atoms with Crippen LogP contribution in [-0.4, -0.2) is 77.3 Å². The highest BCUT2D eigenvalue weighted by molar-refractivity contribution is 7.90. The van der Waals surface area contributed by atoms with Crippen LogP contribution >= 0.6 is 0 Å². The lowest BCUT2D eigenvalue weighted by molar-refractivity contribution is 0.0750. The predicted molar refractivity (Wildman–Crippen MR) is 145 cm³/mol. The summed E-state index contributed by atoms with van der Waals surface area (Å²) in [4.78, 5) is 15.5. The van der Waals surface area contributed by atoms with Crippen molar-refractivity contribution in [1.29, 1.82) is 0 Å². The Hall–Kier alpha value is -2.29. The molecule has 4 heterocycles. The number of aryl methyl sites for hydroxylation is 2. The number of pyridine rings is 1. The van der Waals surface area contributed by atoms with Crippen LogP contribution in [0.2, 0.25) is 0 Å². The molecule has 3 aromatic rings. The molecule has 2 saturated heterocycles. The van der Waals surface area contributed by atoms with E-state index in [1.54, 1.807) is 12.1 Å². The summed E-state index contributed by atoms with van der Waals surface area (Å²) in [6.45, 7) is 11.4. The van der Waals surface area contributed by atoms with Crippen molar-refractivity contribution in [2.24, 2.45) is 7.05 Å². The molecule has 8 heteroatoms. The third kappa shape index (κ3) is 4.95. The Labute approximate surface area is 215 Å². The third-order valence-corrected chi connectivity index (χ3v) is 9.43. The fraction of sp³-hybridized carbons (Fsp3) is 0.571. The molecule has 2 aromatic heterocycles. The number of rotatable bonds is 5. The van der Waals surface area contributed by atoms with Gasteiger partial charge in [0.2, 0.25) is 0 Å². The fourth-order valence-electron chi connectivity index (χ4n) is 6.01. The number of sulfone groups is 1. The van der Waals surface area contributed by atoms with Crippen molar-refractivity contribution in [2.45, 2.75) is 69.4 Å². The number of hydrogen-bond acceptors (Lipinski definition) is 6. The first-order valence-electron chi connectivity index (χ1n) is 13.2. The normalized spacial score (nSPS) is 19.5. The maximum Gasteiger partial charge on any atom is 0.175 e. The summed E-state index contributed by atoms with van der Waals surface area (Å²) in [6.07, 6.45) is 6.11. The summed E-state index contributed by atoms with van der Waals surface area (Å²) in [5.74, 6) is 1.31. The Balaban J connectivity index is 1.32. The molecule has 2 fully saturated rings. The maximum atomic E-state index is 11.8. The topological polar surface area (TPSA) is 71.3 Å². The van der Waals surface area contributed by atoms with Crippen LogP contribution in [0.4, 0.5) is 0 Å². The molecule has 0 atom stereocenters. The average Bonchev–Trinajstić information content (AvgIpc) is 3.20. The van der Waals surface area contributed by atoms with E-state index in [4.69, 9.17) is 9.97 Å². The molecule has 0 amide bonds. The van der Waals surface area contributed by atoms with Crippen molar-refractivity contribution in [3.05, 3.63) is 41.7 Å². The molecule has 194 valence electrons. The van der Waals surface area contributed by atoms with Gasteiger partial charge in [-0.25, -0.2) is 13.4 Å². The zero-order valence-electron chi connectivity index (χ0n) is 22.2. The fourth-order valence-corrected chi connectivity index (χ4v) is 6.64. The molecule has 0 bridgehead atoms. The van der Waals surface area contributed by atoms with E-state index in [0.29, 0.717) is 16.9 Å². The predicted octanol–water partition coefficient (Wildman–Crippen LogP) is 4.40. The van der Waals surface area contributed by atoms with Crippen LogP contribution in [0.25, 0.3) is 22.4 Å². The quantitative estimate of drug-likeness (QED) is 0.508. The van der Waals surface area contributed by atoms with Crippen molar-refractivity contribution >= 4 is 20.9 Å². The lowest BCUT2D eigenvalue weighted by Gasteiger charge is -2.42. The Morgan fingerprint density at radius 2 is 1.58 bits per heavy atom. The highest BCUT2D eigenvalue weighted by Crippen LogP contribution is 2.33. The van der Waals surface area contributed by atoms with Gasteiger partial charge in [-0.05, 0) is 103 Å². The minimum absolute atomic E-state index is 0.321. The van der Waals surface area contributed by atoms with Gasteiger partial charge in [-0.2, -0.15) is 0 Å². The summed E-state index contributed by atoms with van der Waals surface area (Å²) in [6, 6.07) is 10.6. The second-order valence-electron chi connectivity index (χ2n) is 11.0. The van der Waals surface area contributed by atoms with Gasteiger partial charge in [0.25, 0.3) is 0 Å². The first-order valence-corrected chi connectivity index (χ1v) is 15.1. The van der Waals surface area contributed by atoms with Crippen LogP contribution in [0.1, 0.15) is 56.8 Å². The molecule has 7 nitrogen and oxygen atoms in total. The summed E-state index contributed by atoms with van der Waals surface area (Å²) in [7, 11) is -1.19. The highest BCUT2D eigenvalue weighted by Gasteiger charge is 2.30. The van der Waals surface area contributed by atoms with Crippen molar-refractivity contribution in [1.82, 2.24) is 24.3 Å². The summed E-state index contributed by atoms with van der Waals surface area (Å²) in [5, 5.41) is 0.